The molecule has 664 valence electrons. The predicted molar refractivity (Wildman–Crippen MR) is 482 cm³/mol. The number of hydrogen-bond donors (Lipinski definition) is 4. The van der Waals surface area contributed by atoms with Gasteiger partial charge < -0.3 is 34.2 Å². The second kappa shape index (κ2) is 89.0. The first kappa shape index (κ1) is 111. The largest absolute Gasteiger partial charge is 0.472 e. The number of phosphoric ester groups is 2. The van der Waals surface area contributed by atoms with Crippen LogP contribution in [0.4, 0.5) is 0 Å². The van der Waals surface area contributed by atoms with Gasteiger partial charge in [-0.05, 0) is 141 Å². The highest BCUT2D eigenvalue weighted by molar-refractivity contribution is 7.47. The van der Waals surface area contributed by atoms with Gasteiger partial charge in [0.1, 0.15) is 25.4 Å². The van der Waals surface area contributed by atoms with Gasteiger partial charge in [0.15, 0.2) is 6.10 Å². The third-order valence-corrected chi connectivity index (χ3v) is 21.7. The molecule has 0 aliphatic heterocycles. The van der Waals surface area contributed by atoms with Crippen molar-refractivity contribution in [3.8, 4) is 0 Å². The molecule has 0 heterocycles. The van der Waals surface area contributed by atoms with Crippen molar-refractivity contribution >= 4 is 33.6 Å². The molecule has 0 aliphatic rings. The molecule has 115 heavy (non-hydrogen) atoms. The quantitative estimate of drug-likeness (QED) is 0.0146. The average molecular weight is 1650 g/mol. The van der Waals surface area contributed by atoms with Crippen LogP contribution < -0.4 is 0 Å². The van der Waals surface area contributed by atoms with Crippen molar-refractivity contribution < 1.29 is 75.8 Å². The Kier molecular flexibility index (Phi) is 85.6. The summed E-state index contributed by atoms with van der Waals surface area (Å²) in [7, 11) is -9.80. The van der Waals surface area contributed by atoms with Gasteiger partial charge in [-0.1, -0.05) is 379 Å². The van der Waals surface area contributed by atoms with Gasteiger partial charge >= 0.3 is 33.6 Å². The summed E-state index contributed by atoms with van der Waals surface area (Å²) in [5.74, 6) is -1.57. The van der Waals surface area contributed by atoms with Crippen LogP contribution in [0.5, 0.6) is 0 Å². The Morgan fingerprint density at radius 1 is 0.252 bits per heavy atom. The number of rotatable bonds is 88. The van der Waals surface area contributed by atoms with Gasteiger partial charge in [-0.3, -0.25) is 32.5 Å². The summed E-state index contributed by atoms with van der Waals surface area (Å²) in [6, 6.07) is 0. The van der Waals surface area contributed by atoms with E-state index in [2.05, 4.69) is 154 Å². The number of phosphoric acid groups is 2. The lowest BCUT2D eigenvalue weighted by Crippen LogP contribution is -2.30. The molecule has 0 aromatic rings. The fraction of sp³-hybridized carbons (Fsp3) is 0.742. The molecule has 0 aromatic heterocycles. The molecule has 0 aliphatic carbocycles. The number of aliphatic hydroxyl groups is 2. The summed E-state index contributed by atoms with van der Waals surface area (Å²) in [5.41, 5.74) is 0. The molecule has 0 radical (unpaired) electrons. The lowest BCUT2D eigenvalue weighted by molar-refractivity contribution is -0.161. The molecule has 0 saturated carbocycles. The zero-order chi connectivity index (χ0) is 83.6. The van der Waals surface area contributed by atoms with Gasteiger partial charge in [0.25, 0.3) is 0 Å². The molecule has 0 amide bonds. The van der Waals surface area contributed by atoms with E-state index in [0.717, 1.165) is 135 Å². The molecule has 5 unspecified atom stereocenters. The zero-order valence-corrected chi connectivity index (χ0v) is 75.0. The number of aliphatic hydroxyl groups excluding tert-OH is 2. The normalized spacial score (nSPS) is 14.4. The van der Waals surface area contributed by atoms with E-state index in [-0.39, 0.29) is 19.3 Å². The zero-order valence-electron chi connectivity index (χ0n) is 73.2. The highest BCUT2D eigenvalue weighted by Crippen LogP contribution is 2.45. The number of esters is 3. The Balaban J connectivity index is 4.44. The molecular formula is C97H170O16P2. The summed E-state index contributed by atoms with van der Waals surface area (Å²) in [4.78, 5) is 58.9. The summed E-state index contributed by atoms with van der Waals surface area (Å²) in [5, 5.41) is 20.7. The van der Waals surface area contributed by atoms with Gasteiger partial charge in [0.05, 0.1) is 26.4 Å². The molecule has 5 atom stereocenters. The first-order valence-corrected chi connectivity index (χ1v) is 49.5. The van der Waals surface area contributed by atoms with Gasteiger partial charge in [-0.2, -0.15) is 0 Å². The topological polar surface area (TPSA) is 231 Å². The van der Waals surface area contributed by atoms with Crippen molar-refractivity contribution in [2.45, 2.75) is 424 Å². The molecule has 0 aromatic carbocycles. The second-order valence-electron chi connectivity index (χ2n) is 31.1. The summed E-state index contributed by atoms with van der Waals surface area (Å²) < 4.78 is 61.4. The van der Waals surface area contributed by atoms with Crippen LogP contribution >= 0.6 is 15.6 Å². The Hall–Kier alpha value is -4.31. The van der Waals surface area contributed by atoms with Crippen molar-refractivity contribution in [1.29, 1.82) is 0 Å². The van der Waals surface area contributed by atoms with E-state index < -0.39 is 91.5 Å². The van der Waals surface area contributed by atoms with Gasteiger partial charge in [0, 0.05) is 19.3 Å². The third-order valence-electron chi connectivity index (χ3n) is 19.8. The molecule has 0 spiro atoms. The summed E-state index contributed by atoms with van der Waals surface area (Å²) in [6.07, 6.45) is 111. The monoisotopic (exact) mass is 1650 g/mol. The Labute approximate surface area is 703 Å². The maximum atomic E-state index is 13.0. The molecule has 18 heteroatoms. The SMILES string of the molecule is CC/C=C\C/C=C\C/C=C\C/C=C\C/C=C\CCCCCCCCCCCCCCCCCC(=O)OCC(COP(=O)(O)OCC(O)COP(=O)(O)OCC(O)COC(=O)CCCCCCCCCCCCCCCCCCC/C=C\C/C=C\C/C=C\C/C=C\CCCCC)OC(=O)CCCCCCC/C=C\C/C=C\CCCCC. The highest BCUT2D eigenvalue weighted by atomic mass is 31.2. The number of carbonyl (C=O) groups is 3. The molecule has 16 nitrogen and oxygen atoms in total. The van der Waals surface area contributed by atoms with E-state index in [1.807, 2.05) is 0 Å². The van der Waals surface area contributed by atoms with Crippen molar-refractivity contribution in [3.63, 3.8) is 0 Å². The van der Waals surface area contributed by atoms with E-state index in [1.54, 1.807) is 0 Å². The van der Waals surface area contributed by atoms with E-state index in [1.165, 1.54) is 212 Å². The number of carbonyl (C=O) groups excluding carboxylic acids is 3. The smallest absolute Gasteiger partial charge is 0.463 e. The van der Waals surface area contributed by atoms with Crippen LogP contribution in [-0.2, 0) is 55.8 Å². The molecule has 0 fully saturated rings. The Morgan fingerprint density at radius 3 is 0.730 bits per heavy atom. The standard InChI is InChI=1S/C97H170O16P2/c1-4-7-10-13-16-19-22-25-28-30-32-34-36-38-40-42-44-45-47-49-50-52-54-56-58-60-63-65-68-71-74-77-80-83-95(100)107-86-92(98)87-109-114(103,104)110-88-93(99)89-111-115(105,106)112-91-94(113-97(102)85-82-79-76-73-70-67-62-27-24-21-18-15-12-9-6-3)90-108-96(101)84-81-78-75-72-69-66-64-61-59-57-55-53-51-48-46-43-41-39-37-35-33-31-29-26-23-20-17-14-11-8-5-2/h8,11,16-21,25-29,32-35,38-41,62,92-94,98-99H,4-7,9-10,12-15,22-24,30-31,36-37,42-61,63-91H2,1-3H3,(H,103,104)(H,105,106)/b11-8-,19-16-,20-17-,21-18-,28-25-,29-26-,34-32-,35-33-,40-38-,41-39-,62-27-. The van der Waals surface area contributed by atoms with Crippen LogP contribution in [0.25, 0.3) is 0 Å². The lowest BCUT2D eigenvalue weighted by Gasteiger charge is -2.21. The van der Waals surface area contributed by atoms with Crippen LogP contribution in [0.3, 0.4) is 0 Å². The molecule has 4 N–H and O–H groups in total. The van der Waals surface area contributed by atoms with Crippen molar-refractivity contribution in [1.82, 2.24) is 0 Å². The number of ether oxygens (including phenoxy) is 3. The van der Waals surface area contributed by atoms with Crippen molar-refractivity contribution in [2.75, 3.05) is 39.6 Å². The van der Waals surface area contributed by atoms with E-state index in [0.29, 0.717) is 19.3 Å². The number of allylic oxidation sites excluding steroid dienone is 22. The van der Waals surface area contributed by atoms with E-state index >= 15 is 0 Å². The Morgan fingerprint density at radius 2 is 0.461 bits per heavy atom. The van der Waals surface area contributed by atoms with Gasteiger partial charge in [-0.25, -0.2) is 9.13 Å². The molecular weight excluding hydrogens is 1480 g/mol. The lowest BCUT2D eigenvalue weighted by atomic mass is 10.0. The fourth-order valence-electron chi connectivity index (χ4n) is 12.8. The minimum atomic E-state index is -4.94. The first-order chi connectivity index (χ1) is 56.2. The summed E-state index contributed by atoms with van der Waals surface area (Å²) in [6.45, 7) is 2.56. The van der Waals surface area contributed by atoms with Crippen LogP contribution in [0.1, 0.15) is 406 Å². The van der Waals surface area contributed by atoms with Crippen LogP contribution in [0, 0.1) is 0 Å². The van der Waals surface area contributed by atoms with E-state index in [9.17, 15) is 43.5 Å². The minimum Gasteiger partial charge on any atom is -0.463 e. The molecule has 0 saturated heterocycles. The van der Waals surface area contributed by atoms with Crippen LogP contribution in [0.15, 0.2) is 134 Å². The van der Waals surface area contributed by atoms with Crippen LogP contribution in [0.2, 0.25) is 0 Å². The van der Waals surface area contributed by atoms with Gasteiger partial charge in [0.2, 0.25) is 0 Å². The Bertz CT molecular complexity index is 2620. The summed E-state index contributed by atoms with van der Waals surface area (Å²) >= 11 is 0. The van der Waals surface area contributed by atoms with E-state index in [4.69, 9.17) is 32.3 Å². The highest BCUT2D eigenvalue weighted by Gasteiger charge is 2.29. The first-order valence-electron chi connectivity index (χ1n) is 46.5. The number of hydrogen-bond acceptors (Lipinski definition) is 14. The van der Waals surface area contributed by atoms with Gasteiger partial charge in [-0.15, -0.1) is 0 Å². The third kappa shape index (κ3) is 90.3. The van der Waals surface area contributed by atoms with Crippen molar-refractivity contribution in [2.24, 2.45) is 0 Å². The molecule has 0 rings (SSSR count). The maximum absolute atomic E-state index is 13.0. The fourth-order valence-corrected chi connectivity index (χ4v) is 14.4. The maximum Gasteiger partial charge on any atom is 0.472 e. The molecule has 0 bridgehead atoms. The predicted octanol–water partition coefficient (Wildman–Crippen LogP) is 28.6. The number of unbranched alkanes of at least 4 members (excludes halogenated alkanes) is 43. The second-order valence-corrected chi connectivity index (χ2v) is 34.0. The van der Waals surface area contributed by atoms with Crippen LogP contribution in [-0.4, -0.2) is 95.9 Å². The average Bonchev–Trinajstić information content (AvgIpc) is 0.893. The van der Waals surface area contributed by atoms with Crippen molar-refractivity contribution in [3.05, 3.63) is 134 Å². The minimum absolute atomic E-state index is 0.0886.